The third kappa shape index (κ3) is 3.05. The molecule has 3 aliphatic heterocycles. The molecule has 0 bridgehead atoms. The fourth-order valence-corrected chi connectivity index (χ4v) is 5.23. The van der Waals surface area contributed by atoms with Crippen molar-refractivity contribution in [1.29, 1.82) is 0 Å². The highest BCUT2D eigenvalue weighted by Crippen LogP contribution is 2.39. The van der Waals surface area contributed by atoms with Crippen LogP contribution in [0.15, 0.2) is 18.2 Å². The van der Waals surface area contributed by atoms with E-state index < -0.39 is 0 Å². The molecule has 1 aliphatic carbocycles. The Morgan fingerprint density at radius 1 is 1.00 bits per heavy atom. The molecule has 2 amide bonds. The molecular formula is C21H26N2O4. The highest BCUT2D eigenvalue weighted by molar-refractivity contribution is 6.00. The molecule has 0 N–H and O–H groups in total. The average Bonchev–Trinajstić information content (AvgIpc) is 3.32. The second-order valence-electron chi connectivity index (χ2n) is 8.32. The average molecular weight is 370 g/mol. The standard InChI is InChI=1S/C21H26N2O4/c24-20-9-16(12-23(20)17-5-6-18-19(10-17)27-13-26-18)21(25)22-8-7-14-3-1-2-4-15(14)11-22/h5-6,10,14-16H,1-4,7-9,11-13H2. The van der Waals surface area contributed by atoms with Gasteiger partial charge in [0.2, 0.25) is 18.6 Å². The van der Waals surface area contributed by atoms with Crippen LogP contribution < -0.4 is 14.4 Å². The van der Waals surface area contributed by atoms with Crippen LogP contribution in [0.25, 0.3) is 0 Å². The number of amides is 2. The zero-order chi connectivity index (χ0) is 18.4. The second-order valence-corrected chi connectivity index (χ2v) is 8.32. The van der Waals surface area contributed by atoms with Gasteiger partial charge in [0.05, 0.1) is 5.92 Å². The molecular weight excluding hydrogens is 344 g/mol. The molecule has 6 nitrogen and oxygen atoms in total. The summed E-state index contributed by atoms with van der Waals surface area (Å²) in [4.78, 5) is 29.4. The third-order valence-electron chi connectivity index (χ3n) is 6.74. The summed E-state index contributed by atoms with van der Waals surface area (Å²) in [7, 11) is 0. The van der Waals surface area contributed by atoms with Crippen LogP contribution in [-0.4, -0.2) is 43.1 Å². The molecule has 144 valence electrons. The predicted octanol–water partition coefficient (Wildman–Crippen LogP) is 2.81. The van der Waals surface area contributed by atoms with E-state index in [1.54, 1.807) is 4.90 Å². The summed E-state index contributed by atoms with van der Waals surface area (Å²) < 4.78 is 10.8. The number of fused-ring (bicyclic) bond motifs is 2. The minimum Gasteiger partial charge on any atom is -0.454 e. The number of benzene rings is 1. The fourth-order valence-electron chi connectivity index (χ4n) is 5.23. The van der Waals surface area contributed by atoms with Crippen LogP contribution in [0.4, 0.5) is 5.69 Å². The van der Waals surface area contributed by atoms with E-state index in [-0.39, 0.29) is 24.5 Å². The van der Waals surface area contributed by atoms with Crippen molar-refractivity contribution in [2.45, 2.75) is 38.5 Å². The molecule has 3 heterocycles. The number of carbonyl (C=O) groups is 2. The second kappa shape index (κ2) is 6.73. The van der Waals surface area contributed by atoms with E-state index in [2.05, 4.69) is 0 Å². The van der Waals surface area contributed by atoms with Gasteiger partial charge in [0.1, 0.15) is 0 Å². The van der Waals surface area contributed by atoms with Crippen molar-refractivity contribution >= 4 is 17.5 Å². The van der Waals surface area contributed by atoms with Gasteiger partial charge in [0.15, 0.2) is 11.5 Å². The van der Waals surface area contributed by atoms with Gasteiger partial charge < -0.3 is 19.3 Å². The monoisotopic (exact) mass is 370 g/mol. The van der Waals surface area contributed by atoms with Crippen LogP contribution in [0, 0.1) is 17.8 Å². The molecule has 6 heteroatoms. The normalized spacial score (nSPS) is 29.8. The lowest BCUT2D eigenvalue weighted by atomic mass is 9.75. The van der Waals surface area contributed by atoms with Crippen molar-refractivity contribution in [3.63, 3.8) is 0 Å². The molecule has 3 atom stereocenters. The van der Waals surface area contributed by atoms with Gasteiger partial charge in [-0.2, -0.15) is 0 Å². The predicted molar refractivity (Wildman–Crippen MR) is 99.7 cm³/mol. The van der Waals surface area contributed by atoms with Crippen LogP contribution in [0.2, 0.25) is 0 Å². The highest BCUT2D eigenvalue weighted by atomic mass is 16.7. The van der Waals surface area contributed by atoms with E-state index in [1.807, 2.05) is 23.1 Å². The smallest absolute Gasteiger partial charge is 0.231 e. The Morgan fingerprint density at radius 3 is 2.70 bits per heavy atom. The number of likely N-dealkylation sites (tertiary alicyclic amines) is 1. The first-order chi connectivity index (χ1) is 13.2. The van der Waals surface area contributed by atoms with Crippen molar-refractivity contribution in [2.75, 3.05) is 31.3 Å². The number of carbonyl (C=O) groups excluding carboxylic acids is 2. The maximum Gasteiger partial charge on any atom is 0.231 e. The first-order valence-electron chi connectivity index (χ1n) is 10.2. The van der Waals surface area contributed by atoms with E-state index in [1.165, 1.54) is 25.7 Å². The van der Waals surface area contributed by atoms with E-state index in [4.69, 9.17) is 9.47 Å². The number of piperidine rings is 1. The van der Waals surface area contributed by atoms with Crippen molar-refractivity contribution in [3.05, 3.63) is 18.2 Å². The van der Waals surface area contributed by atoms with Crippen molar-refractivity contribution in [2.24, 2.45) is 17.8 Å². The first-order valence-corrected chi connectivity index (χ1v) is 10.2. The van der Waals surface area contributed by atoms with E-state index >= 15 is 0 Å². The third-order valence-corrected chi connectivity index (χ3v) is 6.74. The number of ether oxygens (including phenoxy) is 2. The van der Waals surface area contributed by atoms with Gasteiger partial charge in [0.25, 0.3) is 0 Å². The van der Waals surface area contributed by atoms with Gasteiger partial charge in [-0.15, -0.1) is 0 Å². The van der Waals surface area contributed by atoms with Gasteiger partial charge in [-0.05, 0) is 36.8 Å². The molecule has 0 aromatic heterocycles. The van der Waals surface area contributed by atoms with Crippen LogP contribution in [0.1, 0.15) is 38.5 Å². The molecule has 1 saturated carbocycles. The number of nitrogens with zero attached hydrogens (tertiary/aromatic N) is 2. The number of rotatable bonds is 2. The summed E-state index contributed by atoms with van der Waals surface area (Å²) in [6.07, 6.45) is 6.65. The molecule has 2 saturated heterocycles. The topological polar surface area (TPSA) is 59.1 Å². The van der Waals surface area contributed by atoms with Crippen molar-refractivity contribution < 1.29 is 19.1 Å². The maximum absolute atomic E-state index is 13.1. The molecule has 3 fully saturated rings. The summed E-state index contributed by atoms with van der Waals surface area (Å²) in [5.74, 6) is 2.78. The van der Waals surface area contributed by atoms with E-state index in [0.29, 0.717) is 30.4 Å². The van der Waals surface area contributed by atoms with Gasteiger partial charge in [-0.25, -0.2) is 0 Å². The van der Waals surface area contributed by atoms with Gasteiger partial charge in [-0.1, -0.05) is 19.3 Å². The zero-order valence-electron chi connectivity index (χ0n) is 15.6. The highest BCUT2D eigenvalue weighted by Gasteiger charge is 2.40. The first kappa shape index (κ1) is 16.9. The zero-order valence-corrected chi connectivity index (χ0v) is 15.6. The quantitative estimate of drug-likeness (QED) is 0.803. The summed E-state index contributed by atoms with van der Waals surface area (Å²) in [5.41, 5.74) is 0.783. The Bertz CT molecular complexity index is 765. The van der Waals surface area contributed by atoms with Gasteiger partial charge in [-0.3, -0.25) is 9.59 Å². The molecule has 5 rings (SSSR count). The Hall–Kier alpha value is -2.24. The maximum atomic E-state index is 13.1. The van der Waals surface area contributed by atoms with Crippen molar-refractivity contribution in [1.82, 2.24) is 4.90 Å². The van der Waals surface area contributed by atoms with Crippen LogP contribution in [0.3, 0.4) is 0 Å². The summed E-state index contributed by atoms with van der Waals surface area (Å²) in [5, 5.41) is 0. The molecule has 1 aromatic rings. The molecule has 4 aliphatic rings. The molecule has 1 aromatic carbocycles. The Morgan fingerprint density at radius 2 is 1.81 bits per heavy atom. The minimum absolute atomic E-state index is 0.0137. The Labute approximate surface area is 159 Å². The number of hydrogen-bond acceptors (Lipinski definition) is 4. The lowest BCUT2D eigenvalue weighted by Crippen LogP contribution is -2.47. The summed E-state index contributed by atoms with van der Waals surface area (Å²) in [6, 6.07) is 5.53. The van der Waals surface area contributed by atoms with Crippen LogP contribution >= 0.6 is 0 Å². The lowest BCUT2D eigenvalue weighted by Gasteiger charge is -2.42. The number of hydrogen-bond donors (Lipinski definition) is 0. The molecule has 27 heavy (non-hydrogen) atoms. The molecule has 0 radical (unpaired) electrons. The van der Waals surface area contributed by atoms with Crippen molar-refractivity contribution in [3.8, 4) is 11.5 Å². The van der Waals surface area contributed by atoms with Gasteiger partial charge in [0, 0.05) is 37.8 Å². The summed E-state index contributed by atoms with van der Waals surface area (Å²) in [6.45, 7) is 2.42. The SMILES string of the molecule is O=C(C1CC(=O)N(c2ccc3c(c2)OCO3)C1)N1CCC2CCCCC2C1. The molecule has 3 unspecified atom stereocenters. The van der Waals surface area contributed by atoms with E-state index in [9.17, 15) is 9.59 Å². The summed E-state index contributed by atoms with van der Waals surface area (Å²) >= 11 is 0. The Kier molecular flexibility index (Phi) is 4.21. The Balaban J connectivity index is 1.27. The number of anilines is 1. The van der Waals surface area contributed by atoms with Crippen LogP contribution in [-0.2, 0) is 9.59 Å². The molecule has 0 spiro atoms. The largest absolute Gasteiger partial charge is 0.454 e. The van der Waals surface area contributed by atoms with Crippen LogP contribution in [0.5, 0.6) is 11.5 Å². The van der Waals surface area contributed by atoms with Gasteiger partial charge >= 0.3 is 0 Å². The lowest BCUT2D eigenvalue weighted by molar-refractivity contribution is -0.138. The van der Waals surface area contributed by atoms with E-state index in [0.717, 1.165) is 31.1 Å². The minimum atomic E-state index is -0.233. The fraction of sp³-hybridized carbons (Fsp3) is 0.619.